The van der Waals surface area contributed by atoms with E-state index in [1.54, 1.807) is 0 Å². The van der Waals surface area contributed by atoms with Gasteiger partial charge in [0, 0.05) is 7.05 Å². The predicted octanol–water partition coefficient (Wildman–Crippen LogP) is 1.81. The number of aromatic nitrogens is 2. The first-order chi connectivity index (χ1) is 11.2. The number of alkyl halides is 3. The smallest absolute Gasteiger partial charge is 0.321 e. The number of amides is 2. The molecule has 0 saturated heterocycles. The van der Waals surface area contributed by atoms with Crippen LogP contribution in [0.5, 0.6) is 0 Å². The molecule has 0 N–H and O–H groups in total. The molecule has 1 aliphatic rings. The van der Waals surface area contributed by atoms with Gasteiger partial charge in [0.15, 0.2) is 0 Å². The zero-order chi connectivity index (χ0) is 17.6. The molecule has 3 rings (SSSR count). The number of hydrogen-bond acceptors (Lipinski definition) is 5. The maximum atomic E-state index is 12.7. The molecule has 1 aliphatic heterocycles. The Morgan fingerprint density at radius 1 is 1.12 bits per heavy atom. The highest BCUT2D eigenvalue weighted by atomic mass is 19.4. The van der Waals surface area contributed by atoms with Gasteiger partial charge in [-0.25, -0.2) is 9.78 Å². The molecule has 0 unspecified atom stereocenters. The Bertz CT molecular complexity index is 837. The fourth-order valence-corrected chi connectivity index (χ4v) is 2.24. The van der Waals surface area contributed by atoms with Crippen LogP contribution in [0.3, 0.4) is 0 Å². The lowest BCUT2D eigenvalue weighted by Gasteiger charge is -2.13. The number of fused-ring (bicyclic) bond motifs is 1. The fraction of sp³-hybridized carbons (Fsp3) is 0.143. The highest BCUT2D eigenvalue weighted by molar-refractivity contribution is 6.21. The van der Waals surface area contributed by atoms with Gasteiger partial charge in [0.05, 0.1) is 17.3 Å². The van der Waals surface area contributed by atoms with E-state index in [2.05, 4.69) is 9.82 Å². The molecule has 0 aliphatic carbocycles. The van der Waals surface area contributed by atoms with Crippen molar-refractivity contribution < 1.29 is 32.4 Å². The number of carbonyl (C=O) groups excluding carboxylic acids is 3. The van der Waals surface area contributed by atoms with E-state index in [1.807, 2.05) is 0 Å². The first kappa shape index (κ1) is 15.7. The maximum Gasteiger partial charge on any atom is 0.433 e. The largest absolute Gasteiger partial charge is 0.433 e. The third kappa shape index (κ3) is 2.32. The minimum Gasteiger partial charge on any atom is -0.321 e. The van der Waals surface area contributed by atoms with Crippen molar-refractivity contribution in [2.45, 2.75) is 6.18 Å². The SMILES string of the molecule is Cn1c(C(F)(F)F)cnc1C(=O)ON1C(=O)c2ccccc2C1=O. The van der Waals surface area contributed by atoms with Gasteiger partial charge in [0.1, 0.15) is 5.69 Å². The topological polar surface area (TPSA) is 81.5 Å². The number of halogens is 3. The van der Waals surface area contributed by atoms with Gasteiger partial charge >= 0.3 is 12.1 Å². The number of hydroxylamine groups is 2. The average molecular weight is 339 g/mol. The van der Waals surface area contributed by atoms with Gasteiger partial charge in [-0.2, -0.15) is 13.2 Å². The molecule has 24 heavy (non-hydrogen) atoms. The van der Waals surface area contributed by atoms with Crippen LogP contribution in [0.25, 0.3) is 0 Å². The molecular formula is C14H8F3N3O4. The number of imidazole rings is 1. The van der Waals surface area contributed by atoms with Crippen molar-refractivity contribution in [1.82, 2.24) is 14.6 Å². The second-order valence-electron chi connectivity index (χ2n) is 4.85. The summed E-state index contributed by atoms with van der Waals surface area (Å²) in [6.45, 7) is 0. The standard InChI is InChI=1S/C14H8F3N3O4/c1-19-9(14(15,16)17)6-18-10(19)13(23)24-20-11(21)7-4-2-3-5-8(7)12(20)22/h2-6H,1H3. The molecular weight excluding hydrogens is 331 g/mol. The van der Waals surface area contributed by atoms with Crippen molar-refractivity contribution in [1.29, 1.82) is 0 Å². The van der Waals surface area contributed by atoms with E-state index in [4.69, 9.17) is 0 Å². The number of carbonyl (C=O) groups is 3. The Morgan fingerprint density at radius 2 is 1.67 bits per heavy atom. The van der Waals surface area contributed by atoms with Crippen LogP contribution in [-0.4, -0.2) is 32.4 Å². The molecule has 0 bridgehead atoms. The minimum absolute atomic E-state index is 0.0334. The van der Waals surface area contributed by atoms with Crippen molar-refractivity contribution in [2.24, 2.45) is 7.05 Å². The zero-order valence-electron chi connectivity index (χ0n) is 12.0. The number of rotatable bonds is 2. The lowest BCUT2D eigenvalue weighted by atomic mass is 10.1. The van der Waals surface area contributed by atoms with Gasteiger partial charge in [0.25, 0.3) is 11.8 Å². The molecule has 0 spiro atoms. The third-order valence-electron chi connectivity index (χ3n) is 3.39. The van der Waals surface area contributed by atoms with Crippen molar-refractivity contribution in [2.75, 3.05) is 0 Å². The second-order valence-corrected chi connectivity index (χ2v) is 4.85. The number of imide groups is 1. The van der Waals surface area contributed by atoms with Gasteiger partial charge in [-0.05, 0) is 12.1 Å². The molecule has 124 valence electrons. The monoisotopic (exact) mass is 339 g/mol. The second kappa shape index (κ2) is 5.18. The van der Waals surface area contributed by atoms with E-state index in [9.17, 15) is 27.6 Å². The van der Waals surface area contributed by atoms with Crippen molar-refractivity contribution >= 4 is 17.8 Å². The normalized spacial score (nSPS) is 14.1. The Kier molecular flexibility index (Phi) is 3.39. The summed E-state index contributed by atoms with van der Waals surface area (Å²) in [4.78, 5) is 44.1. The molecule has 0 radical (unpaired) electrons. The molecule has 1 aromatic carbocycles. The third-order valence-corrected chi connectivity index (χ3v) is 3.39. The molecule has 2 aromatic rings. The molecule has 0 atom stereocenters. The van der Waals surface area contributed by atoms with Crippen molar-refractivity contribution in [3.05, 3.63) is 53.1 Å². The van der Waals surface area contributed by atoms with E-state index in [1.165, 1.54) is 24.3 Å². The van der Waals surface area contributed by atoms with Crippen LogP contribution in [0.1, 0.15) is 37.0 Å². The Labute approximate surface area is 132 Å². The summed E-state index contributed by atoms with van der Waals surface area (Å²) in [6, 6.07) is 5.77. The molecule has 2 amide bonds. The Morgan fingerprint density at radius 3 is 2.12 bits per heavy atom. The van der Waals surface area contributed by atoms with Gasteiger partial charge in [0.2, 0.25) is 5.82 Å². The van der Waals surface area contributed by atoms with E-state index >= 15 is 0 Å². The summed E-state index contributed by atoms with van der Waals surface area (Å²) in [7, 11) is 0.967. The molecule has 0 saturated carbocycles. The van der Waals surface area contributed by atoms with Gasteiger partial charge < -0.3 is 9.40 Å². The van der Waals surface area contributed by atoms with Crippen LogP contribution in [0, 0.1) is 0 Å². The number of benzene rings is 1. The summed E-state index contributed by atoms with van der Waals surface area (Å²) in [5.74, 6) is -3.82. The van der Waals surface area contributed by atoms with E-state index < -0.39 is 35.5 Å². The van der Waals surface area contributed by atoms with Crippen LogP contribution in [0.2, 0.25) is 0 Å². The van der Waals surface area contributed by atoms with Crippen molar-refractivity contribution in [3.8, 4) is 0 Å². The highest BCUT2D eigenvalue weighted by Crippen LogP contribution is 2.29. The first-order valence-corrected chi connectivity index (χ1v) is 6.51. The van der Waals surface area contributed by atoms with Gasteiger partial charge in [-0.15, -0.1) is 0 Å². The van der Waals surface area contributed by atoms with Crippen LogP contribution in [-0.2, 0) is 18.1 Å². The quantitative estimate of drug-likeness (QED) is 0.780. The lowest BCUT2D eigenvalue weighted by Crippen LogP contribution is -2.33. The molecule has 10 heteroatoms. The van der Waals surface area contributed by atoms with Crippen LogP contribution in [0.4, 0.5) is 13.2 Å². The number of hydrogen-bond donors (Lipinski definition) is 0. The highest BCUT2D eigenvalue weighted by Gasteiger charge is 2.40. The van der Waals surface area contributed by atoms with Crippen LogP contribution in [0.15, 0.2) is 30.5 Å². The Balaban J connectivity index is 1.86. The fourth-order valence-electron chi connectivity index (χ4n) is 2.24. The van der Waals surface area contributed by atoms with E-state index in [0.717, 1.165) is 7.05 Å². The maximum absolute atomic E-state index is 12.7. The molecule has 0 fully saturated rings. The Hall–Kier alpha value is -3.17. The van der Waals surface area contributed by atoms with Crippen LogP contribution < -0.4 is 0 Å². The minimum atomic E-state index is -4.71. The van der Waals surface area contributed by atoms with Gasteiger partial charge in [-0.3, -0.25) is 9.59 Å². The average Bonchev–Trinajstić information content (AvgIpc) is 3.02. The lowest BCUT2D eigenvalue weighted by molar-refractivity contribution is -0.143. The summed E-state index contributed by atoms with van der Waals surface area (Å²) in [6.07, 6.45) is -4.26. The molecule has 1 aromatic heterocycles. The predicted molar refractivity (Wildman–Crippen MR) is 70.6 cm³/mol. The summed E-state index contributed by atoms with van der Waals surface area (Å²) >= 11 is 0. The first-order valence-electron chi connectivity index (χ1n) is 6.51. The van der Waals surface area contributed by atoms with E-state index in [0.29, 0.717) is 10.8 Å². The summed E-state index contributed by atoms with van der Waals surface area (Å²) in [5, 5.41) is 0.203. The summed E-state index contributed by atoms with van der Waals surface area (Å²) < 4.78 is 38.6. The van der Waals surface area contributed by atoms with Gasteiger partial charge in [-0.1, -0.05) is 17.2 Å². The molecule has 7 nitrogen and oxygen atoms in total. The van der Waals surface area contributed by atoms with E-state index in [-0.39, 0.29) is 16.2 Å². The number of nitrogens with zero attached hydrogens (tertiary/aromatic N) is 3. The van der Waals surface area contributed by atoms with Crippen LogP contribution >= 0.6 is 0 Å². The molecule has 2 heterocycles. The zero-order valence-corrected chi connectivity index (χ0v) is 12.0. The van der Waals surface area contributed by atoms with Crippen molar-refractivity contribution in [3.63, 3.8) is 0 Å². The summed E-state index contributed by atoms with van der Waals surface area (Å²) in [5.41, 5.74) is -1.10.